The number of ether oxygens (including phenoxy) is 8. The molecule has 3 atom stereocenters. The van der Waals surface area contributed by atoms with Crippen LogP contribution in [0.25, 0.3) is 60.1 Å². The number of benzene rings is 10. The number of rotatable bonds is 25. The minimum absolute atomic E-state index is 0.000330. The number of nitrogens with zero attached hydrogens (tertiary/aromatic N) is 1. The first-order chi connectivity index (χ1) is 57.0. The van der Waals surface area contributed by atoms with Gasteiger partial charge in [-0.25, -0.2) is 4.79 Å². The van der Waals surface area contributed by atoms with Gasteiger partial charge in [-0.3, -0.25) is 19.7 Å². The van der Waals surface area contributed by atoms with Crippen LogP contribution in [-0.4, -0.2) is 124 Å². The van der Waals surface area contributed by atoms with Crippen LogP contribution in [0.1, 0.15) is 95.4 Å². The average Bonchev–Trinajstić information content (AvgIpc) is 1.73. The molecule has 15 aromatic rings. The van der Waals surface area contributed by atoms with Gasteiger partial charge in [0.25, 0.3) is 0 Å². The van der Waals surface area contributed by atoms with Gasteiger partial charge in [-0.05, 0) is 169 Å². The fourth-order valence-corrected chi connectivity index (χ4v) is 14.9. The van der Waals surface area contributed by atoms with Crippen molar-refractivity contribution < 1.29 is 57.2 Å². The quantitative estimate of drug-likeness (QED) is 0.0121. The molecule has 0 saturated carbocycles. The first-order valence-electron chi connectivity index (χ1n) is 38.0. The van der Waals surface area contributed by atoms with E-state index in [9.17, 15) is 24.5 Å². The zero-order chi connectivity index (χ0) is 83.2. The molecule has 5 aromatic heterocycles. The molecule has 5 heterocycles. The molecule has 0 saturated heterocycles. The molecule has 0 aliphatic heterocycles. The third kappa shape index (κ3) is 22.0. The van der Waals surface area contributed by atoms with Crippen molar-refractivity contribution in [2.24, 2.45) is 0 Å². The number of nitro benzene ring substituents is 1. The van der Waals surface area contributed by atoms with E-state index in [0.29, 0.717) is 36.4 Å². The van der Waals surface area contributed by atoms with Crippen molar-refractivity contribution in [3.63, 3.8) is 0 Å². The van der Waals surface area contributed by atoms with Gasteiger partial charge in [0.2, 0.25) is 5.91 Å². The molecule has 117 heavy (non-hydrogen) atoms. The monoisotopic (exact) mass is 1700 g/mol. The van der Waals surface area contributed by atoms with Crippen molar-refractivity contribution in [2.45, 2.75) is 50.9 Å². The van der Waals surface area contributed by atoms with E-state index >= 15 is 0 Å². The molecule has 0 radical (unpaired) electrons. The molecule has 0 aliphatic carbocycles. The number of nitro groups is 1. The molecule has 0 bridgehead atoms. The summed E-state index contributed by atoms with van der Waals surface area (Å²) in [5.74, 6) is 4.20. The van der Waals surface area contributed by atoms with E-state index in [1.54, 1.807) is 67.7 Å². The normalized spacial score (nSPS) is 11.6. The molecule has 21 nitrogen and oxygen atoms in total. The number of halogens is 2. The van der Waals surface area contributed by atoms with Crippen molar-refractivity contribution in [3.8, 4) is 34.5 Å². The summed E-state index contributed by atoms with van der Waals surface area (Å²) in [6.07, 6.45) is 12.9. The number of hydrogen-bond donors (Lipinski definition) is 7. The van der Waals surface area contributed by atoms with Gasteiger partial charge in [0, 0.05) is 110 Å². The van der Waals surface area contributed by atoms with Crippen LogP contribution >= 0.6 is 31.9 Å². The topological polar surface area (TPSA) is 271 Å². The molecule has 7 N–H and O–H groups in total. The number of aromatic nitrogens is 5. The molecule has 23 heteroatoms. The largest absolute Gasteiger partial charge is 0.495 e. The van der Waals surface area contributed by atoms with Gasteiger partial charge in [-0.15, -0.1) is 0 Å². The summed E-state index contributed by atoms with van der Waals surface area (Å²) in [4.78, 5) is 62.3. The molecule has 0 aliphatic rings. The number of carbonyl (C=O) groups excluding carboxylic acids is 3. The first-order valence-corrected chi connectivity index (χ1v) is 39.6. The summed E-state index contributed by atoms with van der Waals surface area (Å²) in [6.45, 7) is 5.35. The van der Waals surface area contributed by atoms with Crippen molar-refractivity contribution >= 4 is 115 Å². The van der Waals surface area contributed by atoms with E-state index in [0.717, 1.165) is 134 Å². The molecule has 0 fully saturated rings. The standard InChI is InChI=1S/C20H21NO3.C20H19NO3.C19H20N2O2.C19H22N2O.C9H8BrNO.C7H6BrNO3/c2*1-3-24-19(22)13-17(14-7-5-4-6-8-14)15-9-10-18(23-2)20-16(15)11-12-21-20;1-20-18(22)12-16(13-6-4-3-5-7-13)14-8-9-17(23-2)19-15(14)10-11-21-19;1-20-12-10-15(14-6-4-3-5-7-14)16-8-9-18(22-2)19-17(16)11-13-21-19;1-12-8-3-2-7(10)6-4-5-11-9(6)8;1-12-7-3-2-5(8)4-6(7)9(10)11/h4-12,17,21H,3,13H2,1-2H3;4-13,21H,3H2,1-2H3;3-11,16,21H,12H2,1-2H3,(H,20,22);3-9,11,13,15,20-21H,10,12H2,1-2H3;2-5,11H,1H3;2-4H,1H3/b;17-13+;;;;. The summed E-state index contributed by atoms with van der Waals surface area (Å²) in [6, 6.07) is 75.5. The average molecular weight is 1710 g/mol. The van der Waals surface area contributed by atoms with Gasteiger partial charge in [0.05, 0.1) is 94.8 Å². The van der Waals surface area contributed by atoms with Crippen LogP contribution in [0.5, 0.6) is 34.5 Å². The molecule has 3 unspecified atom stereocenters. The minimum Gasteiger partial charge on any atom is -0.495 e. The van der Waals surface area contributed by atoms with Crippen LogP contribution in [0.2, 0.25) is 0 Å². The van der Waals surface area contributed by atoms with Crippen LogP contribution in [0, 0.1) is 10.1 Å². The summed E-state index contributed by atoms with van der Waals surface area (Å²) in [5, 5.41) is 22.0. The number of H-pyrrole nitrogens is 5. The predicted octanol–water partition coefficient (Wildman–Crippen LogP) is 21.1. The fourth-order valence-electron chi connectivity index (χ4n) is 14.1. The predicted molar refractivity (Wildman–Crippen MR) is 473 cm³/mol. The second-order valence-corrected chi connectivity index (χ2v) is 28.2. The van der Waals surface area contributed by atoms with Crippen molar-refractivity contribution in [1.29, 1.82) is 0 Å². The van der Waals surface area contributed by atoms with E-state index in [2.05, 4.69) is 134 Å². The second kappa shape index (κ2) is 43.6. The van der Waals surface area contributed by atoms with Gasteiger partial charge >= 0.3 is 17.6 Å². The Hall–Kier alpha value is -12.8. The zero-order valence-corrected chi connectivity index (χ0v) is 70.1. The number of fused-ring (bicyclic) bond motifs is 5. The highest BCUT2D eigenvalue weighted by molar-refractivity contribution is 9.11. The van der Waals surface area contributed by atoms with E-state index in [4.69, 9.17) is 37.9 Å². The van der Waals surface area contributed by atoms with Crippen LogP contribution in [0.4, 0.5) is 5.69 Å². The number of methoxy groups -OCH3 is 6. The van der Waals surface area contributed by atoms with Crippen molar-refractivity contribution in [1.82, 2.24) is 35.6 Å². The third-order valence-electron chi connectivity index (χ3n) is 19.6. The van der Waals surface area contributed by atoms with E-state index < -0.39 is 4.92 Å². The van der Waals surface area contributed by atoms with Gasteiger partial charge in [0.15, 0.2) is 5.75 Å². The van der Waals surface area contributed by atoms with Gasteiger partial charge in [-0.2, -0.15) is 0 Å². The Balaban J connectivity index is 0.000000151. The smallest absolute Gasteiger partial charge is 0.331 e. The Morgan fingerprint density at radius 1 is 0.436 bits per heavy atom. The molecule has 1 amide bonds. The SMILES string of the molecule is CCOC(=O)/C=C(\c1ccccc1)c1ccc(OC)c2[nH]ccc12.CCOC(=O)CC(c1ccccc1)c1ccc(OC)c2[nH]ccc12.CNC(=O)CC(c1ccccc1)c1ccc(OC)c2[nH]ccc12.CNCCC(c1ccccc1)c1ccc(OC)c2[nH]ccc12.COc1ccc(Br)c2cc[nH]c12.COc1ccc(Br)cc1[N+](=O)[O-]. The first kappa shape index (κ1) is 86.6. The second-order valence-electron chi connectivity index (χ2n) is 26.4. The highest BCUT2D eigenvalue weighted by Crippen LogP contribution is 2.42. The lowest BCUT2D eigenvalue weighted by molar-refractivity contribution is -0.385. The van der Waals surface area contributed by atoms with Crippen molar-refractivity contribution in [2.75, 3.05) is 76.5 Å². The van der Waals surface area contributed by atoms with E-state index in [1.807, 2.05) is 191 Å². The number of carbonyl (C=O) groups is 3. The lowest BCUT2D eigenvalue weighted by Crippen LogP contribution is -2.21. The lowest BCUT2D eigenvalue weighted by atomic mass is 9.86. The molecule has 15 rings (SSSR count). The zero-order valence-electron chi connectivity index (χ0n) is 66.9. The highest BCUT2D eigenvalue weighted by atomic mass is 79.9. The number of nitrogens with one attached hydrogen (secondary N) is 7. The van der Waals surface area contributed by atoms with E-state index in [-0.39, 0.29) is 41.1 Å². The van der Waals surface area contributed by atoms with E-state index in [1.165, 1.54) is 29.7 Å². The Morgan fingerprint density at radius 2 is 0.812 bits per heavy atom. The van der Waals surface area contributed by atoms with Gasteiger partial charge in [-0.1, -0.05) is 171 Å². The Labute approximate surface area is 696 Å². The highest BCUT2D eigenvalue weighted by Gasteiger charge is 2.25. The van der Waals surface area contributed by atoms with Crippen LogP contribution < -0.4 is 39.1 Å². The van der Waals surface area contributed by atoms with Crippen molar-refractivity contribution in [3.05, 3.63) is 331 Å². The maximum Gasteiger partial charge on any atom is 0.331 e. The van der Waals surface area contributed by atoms with Crippen LogP contribution in [-0.2, 0) is 23.9 Å². The summed E-state index contributed by atoms with van der Waals surface area (Å²) in [5.41, 5.74) is 14.7. The molecule has 10 aromatic carbocycles. The number of esters is 2. The third-order valence-corrected chi connectivity index (χ3v) is 20.8. The maximum atomic E-state index is 12.1. The van der Waals surface area contributed by atoms with Crippen LogP contribution in [0.15, 0.2) is 277 Å². The van der Waals surface area contributed by atoms with Gasteiger partial charge < -0.3 is 73.4 Å². The van der Waals surface area contributed by atoms with Gasteiger partial charge in [0.1, 0.15) is 28.7 Å². The number of aromatic amines is 5. The Kier molecular flexibility index (Phi) is 32.3. The summed E-state index contributed by atoms with van der Waals surface area (Å²) in [7, 11) is 13.4. The minimum atomic E-state index is -0.483. The lowest BCUT2D eigenvalue weighted by Gasteiger charge is -2.19. The van der Waals surface area contributed by atoms with Crippen LogP contribution in [0.3, 0.4) is 0 Å². The molecular weight excluding hydrogens is 1610 g/mol. The fraction of sp³-hybridized carbons (Fsp3) is 0.202. The number of amides is 1. The molecule has 604 valence electrons. The molecular formula is C94H96Br2N8O13. The number of hydrogen-bond acceptors (Lipinski definition) is 14. The maximum absolute atomic E-state index is 12.1. The Bertz CT molecular complexity index is 5750. The molecule has 0 spiro atoms. The Morgan fingerprint density at radius 3 is 1.24 bits per heavy atom. The summed E-state index contributed by atoms with van der Waals surface area (Å²) < 4.78 is 43.7. The summed E-state index contributed by atoms with van der Waals surface area (Å²) >= 11 is 6.60.